The topological polar surface area (TPSA) is 49.6 Å². The normalized spacial score (nSPS) is 32.6. The van der Waals surface area contributed by atoms with E-state index in [1.807, 2.05) is 11.9 Å². The number of carbonyl (C=O) groups is 1. The van der Waals surface area contributed by atoms with Gasteiger partial charge in [0.15, 0.2) is 0 Å². The Morgan fingerprint density at radius 3 is 2.16 bits per heavy atom. The van der Waals surface area contributed by atoms with Crippen molar-refractivity contribution in [1.82, 2.24) is 9.80 Å². The zero-order valence-electron chi connectivity index (χ0n) is 12.9. The van der Waals surface area contributed by atoms with Crippen molar-refractivity contribution in [2.75, 3.05) is 34.2 Å². The van der Waals surface area contributed by atoms with Gasteiger partial charge in [0.1, 0.15) is 0 Å². The Labute approximate surface area is 117 Å². The van der Waals surface area contributed by atoms with Crippen LogP contribution in [0.3, 0.4) is 0 Å². The van der Waals surface area contributed by atoms with Crippen LogP contribution < -0.4 is 5.73 Å². The summed E-state index contributed by atoms with van der Waals surface area (Å²) in [5.74, 6) is 0.911. The van der Waals surface area contributed by atoms with Crippen molar-refractivity contribution in [3.05, 3.63) is 0 Å². The van der Waals surface area contributed by atoms with E-state index in [2.05, 4.69) is 25.9 Å². The molecule has 0 aromatic rings. The quantitative estimate of drug-likeness (QED) is 0.817. The monoisotopic (exact) mass is 267 g/mol. The molecule has 0 spiro atoms. The van der Waals surface area contributed by atoms with Crippen molar-refractivity contribution >= 4 is 5.91 Å². The van der Waals surface area contributed by atoms with Crippen molar-refractivity contribution < 1.29 is 4.79 Å². The highest BCUT2D eigenvalue weighted by atomic mass is 16.2. The Kier molecular flexibility index (Phi) is 3.94. The van der Waals surface area contributed by atoms with E-state index in [-0.39, 0.29) is 16.9 Å². The predicted molar refractivity (Wildman–Crippen MR) is 77.8 cm³/mol. The molecule has 0 bridgehead atoms. The fourth-order valence-corrected chi connectivity index (χ4v) is 3.95. The third kappa shape index (κ3) is 2.40. The molecule has 2 saturated carbocycles. The minimum Gasteiger partial charge on any atom is -0.343 e. The molecular formula is C15H29N3O. The number of hydrogen-bond donors (Lipinski definition) is 1. The van der Waals surface area contributed by atoms with Crippen molar-refractivity contribution in [2.24, 2.45) is 17.1 Å². The molecule has 0 unspecified atom stereocenters. The lowest BCUT2D eigenvalue weighted by Gasteiger charge is -2.52. The van der Waals surface area contributed by atoms with Crippen LogP contribution in [0.2, 0.25) is 0 Å². The molecule has 2 aliphatic carbocycles. The third-order valence-corrected chi connectivity index (χ3v) is 5.43. The van der Waals surface area contributed by atoms with Crippen LogP contribution in [0.25, 0.3) is 0 Å². The summed E-state index contributed by atoms with van der Waals surface area (Å²) >= 11 is 0. The number of rotatable bonds is 5. The third-order valence-electron chi connectivity index (χ3n) is 5.43. The molecule has 0 aliphatic heterocycles. The second-order valence-corrected chi connectivity index (χ2v) is 7.13. The molecule has 0 aromatic heterocycles. The van der Waals surface area contributed by atoms with E-state index < -0.39 is 0 Å². The summed E-state index contributed by atoms with van der Waals surface area (Å²) < 4.78 is 0. The summed E-state index contributed by atoms with van der Waals surface area (Å²) in [7, 11) is 6.20. The van der Waals surface area contributed by atoms with Crippen LogP contribution in [0.5, 0.6) is 0 Å². The second-order valence-electron chi connectivity index (χ2n) is 7.13. The Balaban J connectivity index is 2.00. The Morgan fingerprint density at radius 2 is 1.84 bits per heavy atom. The number of amides is 1. The van der Waals surface area contributed by atoms with Crippen LogP contribution in [0.4, 0.5) is 0 Å². The summed E-state index contributed by atoms with van der Waals surface area (Å²) in [5, 5.41) is 0. The van der Waals surface area contributed by atoms with Gasteiger partial charge in [0, 0.05) is 25.7 Å². The second kappa shape index (κ2) is 5.06. The van der Waals surface area contributed by atoms with E-state index in [0.29, 0.717) is 12.5 Å². The maximum Gasteiger partial charge on any atom is 0.229 e. The lowest BCUT2D eigenvalue weighted by molar-refractivity contribution is -0.151. The maximum absolute atomic E-state index is 12.7. The van der Waals surface area contributed by atoms with Crippen LogP contribution in [-0.4, -0.2) is 55.5 Å². The standard InChI is InChI=1S/C15H29N3O/c1-12-8-14(9-12,10-16)13(19)18(4)11-15(17(2)3)6-5-7-15/h12H,5-11,16H2,1-4H3. The van der Waals surface area contributed by atoms with Crippen LogP contribution in [0, 0.1) is 11.3 Å². The molecule has 2 rings (SSSR count). The number of nitrogens with zero attached hydrogens (tertiary/aromatic N) is 2. The first-order valence-electron chi connectivity index (χ1n) is 7.48. The van der Waals surface area contributed by atoms with E-state index in [1.165, 1.54) is 19.3 Å². The molecule has 19 heavy (non-hydrogen) atoms. The van der Waals surface area contributed by atoms with E-state index in [0.717, 1.165) is 19.4 Å². The Hall–Kier alpha value is -0.610. The minimum absolute atomic E-state index is 0.204. The average Bonchev–Trinajstić information content (AvgIpc) is 2.27. The fourth-order valence-electron chi connectivity index (χ4n) is 3.95. The number of hydrogen-bond acceptors (Lipinski definition) is 3. The zero-order valence-corrected chi connectivity index (χ0v) is 12.9. The van der Waals surface area contributed by atoms with Crippen molar-refractivity contribution in [2.45, 2.75) is 44.6 Å². The molecule has 0 saturated heterocycles. The smallest absolute Gasteiger partial charge is 0.229 e. The lowest BCUT2D eigenvalue weighted by atomic mass is 9.61. The van der Waals surface area contributed by atoms with E-state index in [4.69, 9.17) is 5.73 Å². The van der Waals surface area contributed by atoms with Crippen LogP contribution in [-0.2, 0) is 4.79 Å². The molecule has 4 heteroatoms. The summed E-state index contributed by atoms with van der Waals surface area (Å²) in [4.78, 5) is 16.9. The van der Waals surface area contributed by atoms with Gasteiger partial charge in [0.25, 0.3) is 0 Å². The molecule has 0 radical (unpaired) electrons. The van der Waals surface area contributed by atoms with Gasteiger partial charge in [-0.15, -0.1) is 0 Å². The first kappa shape index (κ1) is 14.8. The lowest BCUT2D eigenvalue weighted by Crippen LogP contribution is -2.61. The maximum atomic E-state index is 12.7. The number of carbonyl (C=O) groups excluding carboxylic acids is 1. The molecule has 0 heterocycles. The largest absolute Gasteiger partial charge is 0.343 e. The van der Waals surface area contributed by atoms with Gasteiger partial charge in [0.2, 0.25) is 5.91 Å². The minimum atomic E-state index is -0.259. The van der Waals surface area contributed by atoms with Gasteiger partial charge in [-0.1, -0.05) is 6.92 Å². The molecule has 0 atom stereocenters. The first-order valence-corrected chi connectivity index (χ1v) is 7.48. The Bertz CT molecular complexity index is 343. The summed E-state index contributed by atoms with van der Waals surface area (Å²) in [6.45, 7) is 3.54. The average molecular weight is 267 g/mol. The first-order chi connectivity index (χ1) is 8.85. The van der Waals surface area contributed by atoms with Crippen molar-refractivity contribution in [1.29, 1.82) is 0 Å². The summed E-state index contributed by atoms with van der Waals surface area (Å²) in [5.41, 5.74) is 5.83. The zero-order chi connectivity index (χ0) is 14.3. The number of likely N-dealkylation sites (N-methyl/N-ethyl adjacent to an activating group) is 2. The SMILES string of the molecule is CC1CC(CN)(C(=O)N(C)CC2(N(C)C)CCC2)C1. The van der Waals surface area contributed by atoms with Gasteiger partial charge in [-0.3, -0.25) is 4.79 Å². The van der Waals surface area contributed by atoms with Gasteiger partial charge in [-0.05, 0) is 52.1 Å². The Morgan fingerprint density at radius 1 is 1.26 bits per heavy atom. The molecule has 0 aromatic carbocycles. The predicted octanol–water partition coefficient (Wildman–Crippen LogP) is 1.30. The summed E-state index contributed by atoms with van der Waals surface area (Å²) in [6.07, 6.45) is 5.59. The van der Waals surface area contributed by atoms with Gasteiger partial charge < -0.3 is 15.5 Å². The number of nitrogens with two attached hydrogens (primary N) is 1. The van der Waals surface area contributed by atoms with E-state index >= 15 is 0 Å². The van der Waals surface area contributed by atoms with Gasteiger partial charge in [-0.2, -0.15) is 0 Å². The highest BCUT2D eigenvalue weighted by Gasteiger charge is 2.50. The fraction of sp³-hybridized carbons (Fsp3) is 0.933. The molecule has 110 valence electrons. The van der Waals surface area contributed by atoms with Gasteiger partial charge in [-0.25, -0.2) is 0 Å². The van der Waals surface area contributed by atoms with Gasteiger partial charge in [0.05, 0.1) is 5.41 Å². The summed E-state index contributed by atoms with van der Waals surface area (Å²) in [6, 6.07) is 0. The van der Waals surface area contributed by atoms with Crippen LogP contribution in [0.1, 0.15) is 39.0 Å². The molecule has 1 amide bonds. The van der Waals surface area contributed by atoms with Crippen LogP contribution in [0.15, 0.2) is 0 Å². The highest BCUT2D eigenvalue weighted by molar-refractivity contribution is 5.84. The van der Waals surface area contributed by atoms with E-state index in [1.54, 1.807) is 0 Å². The molecule has 2 N–H and O–H groups in total. The van der Waals surface area contributed by atoms with Crippen LogP contribution >= 0.6 is 0 Å². The van der Waals surface area contributed by atoms with E-state index in [9.17, 15) is 4.79 Å². The molecule has 4 nitrogen and oxygen atoms in total. The molecule has 2 fully saturated rings. The molecule has 2 aliphatic rings. The molecular weight excluding hydrogens is 238 g/mol. The van der Waals surface area contributed by atoms with Crippen molar-refractivity contribution in [3.8, 4) is 0 Å². The highest BCUT2D eigenvalue weighted by Crippen LogP contribution is 2.46. The van der Waals surface area contributed by atoms with Gasteiger partial charge >= 0.3 is 0 Å². The van der Waals surface area contributed by atoms with Crippen molar-refractivity contribution in [3.63, 3.8) is 0 Å².